The van der Waals surface area contributed by atoms with Crippen LogP contribution in [0.4, 0.5) is 11.4 Å². The maximum Gasteiger partial charge on any atom is 0.255 e. The van der Waals surface area contributed by atoms with Crippen molar-refractivity contribution in [3.8, 4) is 0 Å². The molecule has 0 saturated carbocycles. The Balaban J connectivity index is 1.66. The Labute approximate surface area is 136 Å². The van der Waals surface area contributed by atoms with Gasteiger partial charge in [0.2, 0.25) is 0 Å². The van der Waals surface area contributed by atoms with Gasteiger partial charge in [-0.2, -0.15) is 0 Å². The largest absolute Gasteiger partial charge is 0.340 e. The van der Waals surface area contributed by atoms with E-state index in [-0.39, 0.29) is 5.91 Å². The van der Waals surface area contributed by atoms with E-state index in [1.807, 2.05) is 17.2 Å². The molecule has 2 aliphatic rings. The van der Waals surface area contributed by atoms with Crippen LogP contribution < -0.4 is 4.90 Å². The molecule has 0 bridgehead atoms. The lowest BCUT2D eigenvalue weighted by molar-refractivity contribution is 0.0792. The topological polar surface area (TPSA) is 36.4 Å². The maximum absolute atomic E-state index is 12.6. The molecule has 0 atom stereocenters. The van der Waals surface area contributed by atoms with Crippen molar-refractivity contribution in [2.24, 2.45) is 0 Å². The van der Waals surface area contributed by atoms with Crippen molar-refractivity contribution in [1.29, 1.82) is 0 Å². The van der Waals surface area contributed by atoms with Gasteiger partial charge in [-0.15, -0.1) is 0 Å². The van der Waals surface area contributed by atoms with E-state index in [4.69, 9.17) is 0 Å². The van der Waals surface area contributed by atoms with Crippen LogP contribution in [0.2, 0.25) is 0 Å². The van der Waals surface area contributed by atoms with Gasteiger partial charge in [-0.3, -0.25) is 9.78 Å². The van der Waals surface area contributed by atoms with Gasteiger partial charge in [-0.05, 0) is 43.4 Å². The van der Waals surface area contributed by atoms with Crippen LogP contribution >= 0.6 is 0 Å². The van der Waals surface area contributed by atoms with Crippen molar-refractivity contribution in [2.45, 2.75) is 25.7 Å². The van der Waals surface area contributed by atoms with Gasteiger partial charge in [-0.25, -0.2) is 0 Å². The summed E-state index contributed by atoms with van der Waals surface area (Å²) in [5, 5.41) is 0. The summed E-state index contributed by atoms with van der Waals surface area (Å²) in [5.41, 5.74) is 4.33. The zero-order valence-corrected chi connectivity index (χ0v) is 13.2. The van der Waals surface area contributed by atoms with E-state index in [1.54, 1.807) is 6.20 Å². The molecule has 0 N–H and O–H groups in total. The van der Waals surface area contributed by atoms with Crippen molar-refractivity contribution >= 4 is 17.3 Å². The van der Waals surface area contributed by atoms with Crippen LogP contribution in [0, 0.1) is 0 Å². The summed E-state index contributed by atoms with van der Waals surface area (Å²) in [6.45, 7) is 2.71. The summed E-state index contributed by atoms with van der Waals surface area (Å²) in [4.78, 5) is 21.2. The van der Waals surface area contributed by atoms with Crippen molar-refractivity contribution in [1.82, 2.24) is 9.88 Å². The summed E-state index contributed by atoms with van der Waals surface area (Å²) in [6.07, 6.45) is 8.02. The predicted octanol–water partition coefficient (Wildman–Crippen LogP) is 3.40. The molecule has 0 spiro atoms. The molecule has 3 heterocycles. The van der Waals surface area contributed by atoms with E-state index in [0.29, 0.717) is 5.56 Å². The highest BCUT2D eigenvalue weighted by Gasteiger charge is 2.22. The van der Waals surface area contributed by atoms with E-state index >= 15 is 0 Å². The van der Waals surface area contributed by atoms with E-state index in [0.717, 1.165) is 51.0 Å². The molecular formula is C19H21N3O. The number of amides is 1. The van der Waals surface area contributed by atoms with E-state index in [1.165, 1.54) is 11.3 Å². The SMILES string of the molecule is O=C(c1cncc(N2CCCc3ccccc32)c1)N1CCCC1. The number of carbonyl (C=O) groups is 1. The lowest BCUT2D eigenvalue weighted by Gasteiger charge is -2.31. The highest BCUT2D eigenvalue weighted by atomic mass is 16.2. The third-order valence-electron chi connectivity index (χ3n) is 4.79. The number of anilines is 2. The number of hydrogen-bond donors (Lipinski definition) is 0. The molecule has 1 aromatic carbocycles. The highest BCUT2D eigenvalue weighted by Crippen LogP contribution is 2.33. The first-order chi connectivity index (χ1) is 11.3. The van der Waals surface area contributed by atoms with Crippen LogP contribution in [-0.2, 0) is 6.42 Å². The highest BCUT2D eigenvalue weighted by molar-refractivity contribution is 5.95. The number of rotatable bonds is 2. The van der Waals surface area contributed by atoms with Gasteiger partial charge >= 0.3 is 0 Å². The van der Waals surface area contributed by atoms with E-state index in [2.05, 4.69) is 34.1 Å². The number of fused-ring (bicyclic) bond motifs is 1. The van der Waals surface area contributed by atoms with Gasteiger partial charge in [0.1, 0.15) is 0 Å². The summed E-state index contributed by atoms with van der Waals surface area (Å²) in [5.74, 6) is 0.113. The van der Waals surface area contributed by atoms with E-state index < -0.39 is 0 Å². The average molecular weight is 307 g/mol. The van der Waals surface area contributed by atoms with Crippen LogP contribution in [0.3, 0.4) is 0 Å². The number of pyridine rings is 1. The number of benzene rings is 1. The fourth-order valence-electron chi connectivity index (χ4n) is 3.60. The molecule has 1 saturated heterocycles. The molecule has 0 unspecified atom stereocenters. The van der Waals surface area contributed by atoms with Gasteiger partial charge in [0, 0.05) is 31.5 Å². The van der Waals surface area contributed by atoms with Crippen molar-refractivity contribution in [2.75, 3.05) is 24.5 Å². The zero-order valence-electron chi connectivity index (χ0n) is 13.2. The fraction of sp³-hybridized carbons (Fsp3) is 0.368. The monoisotopic (exact) mass is 307 g/mol. The second-order valence-corrected chi connectivity index (χ2v) is 6.32. The molecule has 23 heavy (non-hydrogen) atoms. The fourth-order valence-corrected chi connectivity index (χ4v) is 3.60. The Bertz CT molecular complexity index is 722. The first kappa shape index (κ1) is 14.2. The summed E-state index contributed by atoms with van der Waals surface area (Å²) >= 11 is 0. The second kappa shape index (κ2) is 6.03. The number of hydrogen-bond acceptors (Lipinski definition) is 3. The first-order valence-corrected chi connectivity index (χ1v) is 8.43. The zero-order chi connectivity index (χ0) is 15.6. The standard InChI is InChI=1S/C19H21N3O/c23-19(21-9-3-4-10-21)16-12-17(14-20-13-16)22-11-5-7-15-6-1-2-8-18(15)22/h1-2,6,8,12-14H,3-5,7,9-11H2. The number of para-hydroxylation sites is 1. The molecule has 118 valence electrons. The minimum Gasteiger partial charge on any atom is -0.340 e. The lowest BCUT2D eigenvalue weighted by atomic mass is 10.0. The Morgan fingerprint density at radius 2 is 1.83 bits per heavy atom. The molecule has 4 rings (SSSR count). The smallest absolute Gasteiger partial charge is 0.255 e. The number of nitrogens with zero attached hydrogens (tertiary/aromatic N) is 3. The molecule has 1 aromatic heterocycles. The number of likely N-dealkylation sites (tertiary alicyclic amines) is 1. The first-order valence-electron chi connectivity index (χ1n) is 8.43. The maximum atomic E-state index is 12.6. The average Bonchev–Trinajstić information content (AvgIpc) is 3.15. The normalized spacial score (nSPS) is 17.2. The Hall–Kier alpha value is -2.36. The van der Waals surface area contributed by atoms with Gasteiger partial charge in [-0.1, -0.05) is 18.2 Å². The summed E-state index contributed by atoms with van der Waals surface area (Å²) < 4.78 is 0. The third-order valence-corrected chi connectivity index (χ3v) is 4.79. The minimum atomic E-state index is 0.113. The number of aromatic nitrogens is 1. The molecule has 2 aromatic rings. The summed E-state index contributed by atoms with van der Waals surface area (Å²) in [6, 6.07) is 10.5. The summed E-state index contributed by atoms with van der Waals surface area (Å²) in [7, 11) is 0. The molecular weight excluding hydrogens is 286 g/mol. The van der Waals surface area contributed by atoms with Gasteiger partial charge in [0.05, 0.1) is 17.4 Å². The molecule has 1 amide bonds. The second-order valence-electron chi connectivity index (χ2n) is 6.32. The van der Waals surface area contributed by atoms with Gasteiger partial charge in [0.25, 0.3) is 5.91 Å². The van der Waals surface area contributed by atoms with Crippen LogP contribution in [0.5, 0.6) is 0 Å². The molecule has 0 radical (unpaired) electrons. The molecule has 4 heteroatoms. The molecule has 4 nitrogen and oxygen atoms in total. The Morgan fingerprint density at radius 3 is 2.70 bits per heavy atom. The van der Waals surface area contributed by atoms with Crippen LogP contribution in [0.15, 0.2) is 42.7 Å². The van der Waals surface area contributed by atoms with Gasteiger partial charge in [0.15, 0.2) is 0 Å². The minimum absolute atomic E-state index is 0.113. The van der Waals surface area contributed by atoms with Crippen molar-refractivity contribution in [3.05, 3.63) is 53.9 Å². The Kier molecular flexibility index (Phi) is 3.74. The third kappa shape index (κ3) is 2.69. The van der Waals surface area contributed by atoms with Crippen molar-refractivity contribution in [3.63, 3.8) is 0 Å². The molecule has 1 fully saturated rings. The number of aryl methyl sites for hydroxylation is 1. The molecule has 2 aliphatic heterocycles. The van der Waals surface area contributed by atoms with Crippen LogP contribution in [0.1, 0.15) is 35.2 Å². The van der Waals surface area contributed by atoms with Crippen molar-refractivity contribution < 1.29 is 4.79 Å². The Morgan fingerprint density at radius 1 is 1.00 bits per heavy atom. The molecule has 0 aliphatic carbocycles. The quantitative estimate of drug-likeness (QED) is 0.853. The predicted molar refractivity (Wildman–Crippen MR) is 91.1 cm³/mol. The number of carbonyl (C=O) groups excluding carboxylic acids is 1. The van der Waals surface area contributed by atoms with E-state index in [9.17, 15) is 4.79 Å². The van der Waals surface area contributed by atoms with Gasteiger partial charge < -0.3 is 9.80 Å². The lowest BCUT2D eigenvalue weighted by Crippen LogP contribution is -2.28. The van der Waals surface area contributed by atoms with Crippen LogP contribution in [0.25, 0.3) is 0 Å². The van der Waals surface area contributed by atoms with Crippen LogP contribution in [-0.4, -0.2) is 35.4 Å².